The summed E-state index contributed by atoms with van der Waals surface area (Å²) in [6.07, 6.45) is 14.0. The van der Waals surface area contributed by atoms with Crippen LogP contribution < -0.4 is 0 Å². The fraction of sp³-hybridized carbons (Fsp3) is 0.909. The van der Waals surface area contributed by atoms with Crippen LogP contribution in [0.3, 0.4) is 0 Å². The number of hydrogen-bond donors (Lipinski definition) is 0. The standard InChI is InChI=1S/C22H38/c1-6-17-9-11-19-12-10-18(8-7-14(2)3)20-13-15(4)16(5)21(17)22(19)20/h10,12,14-22H,6-9,11,13H2,1-5H3. The van der Waals surface area contributed by atoms with Gasteiger partial charge >= 0.3 is 0 Å². The predicted octanol–water partition coefficient (Wildman–Crippen LogP) is 6.57. The van der Waals surface area contributed by atoms with Crippen molar-refractivity contribution in [3.8, 4) is 0 Å². The van der Waals surface area contributed by atoms with Crippen molar-refractivity contribution in [2.45, 2.75) is 73.1 Å². The monoisotopic (exact) mass is 302 g/mol. The van der Waals surface area contributed by atoms with Gasteiger partial charge in [-0.15, -0.1) is 0 Å². The Balaban J connectivity index is 1.85. The second kappa shape index (κ2) is 6.70. The van der Waals surface area contributed by atoms with Crippen molar-refractivity contribution in [3.63, 3.8) is 0 Å². The molecule has 3 aliphatic rings. The first kappa shape index (κ1) is 16.6. The zero-order valence-electron chi connectivity index (χ0n) is 15.6. The highest BCUT2D eigenvalue weighted by molar-refractivity contribution is 5.11. The van der Waals surface area contributed by atoms with Gasteiger partial charge in [-0.2, -0.15) is 0 Å². The van der Waals surface area contributed by atoms with E-state index >= 15 is 0 Å². The van der Waals surface area contributed by atoms with Crippen LogP contribution in [0.5, 0.6) is 0 Å². The van der Waals surface area contributed by atoms with E-state index < -0.39 is 0 Å². The summed E-state index contributed by atoms with van der Waals surface area (Å²) < 4.78 is 0. The third-order valence-electron chi connectivity index (χ3n) is 7.75. The lowest BCUT2D eigenvalue weighted by Gasteiger charge is -2.57. The lowest BCUT2D eigenvalue weighted by molar-refractivity contribution is -0.0607. The van der Waals surface area contributed by atoms with E-state index in [-0.39, 0.29) is 0 Å². The molecule has 0 aliphatic heterocycles. The highest BCUT2D eigenvalue weighted by Gasteiger charge is 2.51. The summed E-state index contributed by atoms with van der Waals surface area (Å²) in [5.41, 5.74) is 0. The molecule has 0 heteroatoms. The quantitative estimate of drug-likeness (QED) is 0.515. The molecule has 0 aromatic rings. The summed E-state index contributed by atoms with van der Waals surface area (Å²) in [4.78, 5) is 0. The summed E-state index contributed by atoms with van der Waals surface area (Å²) in [6.45, 7) is 12.4. The maximum atomic E-state index is 2.66. The summed E-state index contributed by atoms with van der Waals surface area (Å²) in [6, 6.07) is 0. The second-order valence-electron chi connectivity index (χ2n) is 9.32. The molecule has 22 heavy (non-hydrogen) atoms. The molecule has 126 valence electrons. The van der Waals surface area contributed by atoms with Gasteiger partial charge in [0.05, 0.1) is 0 Å². The summed E-state index contributed by atoms with van der Waals surface area (Å²) in [7, 11) is 0. The van der Waals surface area contributed by atoms with E-state index in [1.165, 1.54) is 38.5 Å². The average Bonchev–Trinajstić information content (AvgIpc) is 2.50. The van der Waals surface area contributed by atoms with Crippen molar-refractivity contribution in [1.29, 1.82) is 0 Å². The molecule has 0 spiro atoms. The minimum Gasteiger partial charge on any atom is -0.0848 e. The first-order chi connectivity index (χ1) is 10.5. The Labute approximate surface area is 139 Å². The van der Waals surface area contributed by atoms with Gasteiger partial charge in [0.15, 0.2) is 0 Å². The molecule has 0 saturated heterocycles. The second-order valence-corrected chi connectivity index (χ2v) is 9.32. The molecule has 2 fully saturated rings. The number of allylic oxidation sites excluding steroid dienone is 2. The molecule has 0 radical (unpaired) electrons. The van der Waals surface area contributed by atoms with E-state index in [1.807, 2.05) is 0 Å². The van der Waals surface area contributed by atoms with Gasteiger partial charge in [-0.3, -0.25) is 0 Å². The first-order valence-corrected chi connectivity index (χ1v) is 10.2. The zero-order chi connectivity index (χ0) is 15.9. The molecule has 0 aromatic heterocycles. The van der Waals surface area contributed by atoms with Gasteiger partial charge in [0, 0.05) is 0 Å². The molecule has 0 aromatic carbocycles. The van der Waals surface area contributed by atoms with Crippen LogP contribution in [0, 0.1) is 53.3 Å². The minimum absolute atomic E-state index is 0.858. The van der Waals surface area contributed by atoms with Crippen LogP contribution in [-0.2, 0) is 0 Å². The maximum Gasteiger partial charge on any atom is -0.0199 e. The predicted molar refractivity (Wildman–Crippen MR) is 96.6 cm³/mol. The van der Waals surface area contributed by atoms with Crippen LogP contribution >= 0.6 is 0 Å². The Morgan fingerprint density at radius 3 is 2.50 bits per heavy atom. The Bertz CT molecular complexity index is 391. The van der Waals surface area contributed by atoms with Crippen molar-refractivity contribution >= 4 is 0 Å². The molecule has 0 nitrogen and oxygen atoms in total. The van der Waals surface area contributed by atoms with Crippen LogP contribution in [0.2, 0.25) is 0 Å². The molecule has 3 rings (SSSR count). The Kier molecular flexibility index (Phi) is 5.05. The smallest absolute Gasteiger partial charge is 0.0199 e. The van der Waals surface area contributed by atoms with Gasteiger partial charge in [-0.1, -0.05) is 59.6 Å². The van der Waals surface area contributed by atoms with Crippen LogP contribution in [0.1, 0.15) is 73.1 Å². The molecular formula is C22H38. The zero-order valence-corrected chi connectivity index (χ0v) is 15.6. The van der Waals surface area contributed by atoms with Crippen LogP contribution in [0.4, 0.5) is 0 Å². The Morgan fingerprint density at radius 2 is 1.82 bits per heavy atom. The highest BCUT2D eigenvalue weighted by Crippen LogP contribution is 2.58. The van der Waals surface area contributed by atoms with Crippen molar-refractivity contribution in [1.82, 2.24) is 0 Å². The van der Waals surface area contributed by atoms with E-state index in [1.54, 1.807) is 0 Å². The van der Waals surface area contributed by atoms with Crippen LogP contribution in [-0.4, -0.2) is 0 Å². The third-order valence-corrected chi connectivity index (χ3v) is 7.75. The first-order valence-electron chi connectivity index (χ1n) is 10.2. The van der Waals surface area contributed by atoms with Gasteiger partial charge < -0.3 is 0 Å². The molecule has 0 bridgehead atoms. The third kappa shape index (κ3) is 2.92. The lowest BCUT2D eigenvalue weighted by Crippen LogP contribution is -2.50. The summed E-state index contributed by atoms with van der Waals surface area (Å²) >= 11 is 0. The van der Waals surface area contributed by atoms with Crippen molar-refractivity contribution < 1.29 is 0 Å². The fourth-order valence-corrected chi connectivity index (χ4v) is 6.38. The molecule has 0 amide bonds. The minimum atomic E-state index is 0.858. The molecule has 8 atom stereocenters. The molecule has 0 heterocycles. The Hall–Kier alpha value is -0.260. The largest absolute Gasteiger partial charge is 0.0848 e. The molecule has 0 N–H and O–H groups in total. The van der Waals surface area contributed by atoms with Gasteiger partial charge in [0.1, 0.15) is 0 Å². The van der Waals surface area contributed by atoms with Crippen molar-refractivity contribution in [2.75, 3.05) is 0 Å². The molecule has 8 unspecified atom stereocenters. The SMILES string of the molecule is CCC1CCC2C=CC(CCC(C)C)C3CC(C)C(C)C1C23. The van der Waals surface area contributed by atoms with Crippen molar-refractivity contribution in [2.24, 2.45) is 53.3 Å². The summed E-state index contributed by atoms with van der Waals surface area (Å²) in [5, 5.41) is 0. The van der Waals surface area contributed by atoms with E-state index in [0.717, 1.165) is 53.3 Å². The van der Waals surface area contributed by atoms with Crippen LogP contribution in [0.15, 0.2) is 12.2 Å². The molecule has 3 aliphatic carbocycles. The molecular weight excluding hydrogens is 264 g/mol. The van der Waals surface area contributed by atoms with E-state index in [0.29, 0.717) is 0 Å². The molecule has 2 saturated carbocycles. The normalized spacial score (nSPS) is 47.5. The highest BCUT2D eigenvalue weighted by atomic mass is 14.6. The lowest BCUT2D eigenvalue weighted by atomic mass is 9.48. The van der Waals surface area contributed by atoms with Gasteiger partial charge in [-0.25, -0.2) is 0 Å². The van der Waals surface area contributed by atoms with Gasteiger partial charge in [0.25, 0.3) is 0 Å². The van der Waals surface area contributed by atoms with Crippen LogP contribution in [0.25, 0.3) is 0 Å². The number of rotatable bonds is 4. The average molecular weight is 303 g/mol. The summed E-state index contributed by atoms with van der Waals surface area (Å²) in [5.74, 6) is 8.60. The van der Waals surface area contributed by atoms with Crippen molar-refractivity contribution in [3.05, 3.63) is 12.2 Å². The topological polar surface area (TPSA) is 0 Å². The maximum absolute atomic E-state index is 2.66. The number of hydrogen-bond acceptors (Lipinski definition) is 0. The fourth-order valence-electron chi connectivity index (χ4n) is 6.38. The van der Waals surface area contributed by atoms with E-state index in [4.69, 9.17) is 0 Å². The van der Waals surface area contributed by atoms with Gasteiger partial charge in [0.2, 0.25) is 0 Å². The van der Waals surface area contributed by atoms with Gasteiger partial charge in [-0.05, 0) is 78.9 Å². The van der Waals surface area contributed by atoms with E-state index in [9.17, 15) is 0 Å². The Morgan fingerprint density at radius 1 is 1.05 bits per heavy atom. The van der Waals surface area contributed by atoms with E-state index in [2.05, 4.69) is 46.8 Å².